The first kappa shape index (κ1) is 23.0. The van der Waals surface area contributed by atoms with Crippen LogP contribution in [0, 0.1) is 0 Å². The summed E-state index contributed by atoms with van der Waals surface area (Å²) >= 11 is -0.211. The molecule has 0 fully saturated rings. The summed E-state index contributed by atoms with van der Waals surface area (Å²) in [4.78, 5) is 12.2. The molecule has 0 aliphatic carbocycles. The first-order valence-corrected chi connectivity index (χ1v) is 10.6. The minimum Gasteiger partial charge on any atom is -0.348 e. The molecule has 10 heteroatoms. The molecule has 0 unspecified atom stereocenters. The van der Waals surface area contributed by atoms with Crippen molar-refractivity contribution < 1.29 is 26.4 Å². The molecule has 5 nitrogen and oxygen atoms in total. The molecular formula is C19H19F3N2O3S2. The number of amides is 1. The van der Waals surface area contributed by atoms with E-state index in [1.807, 2.05) is 0 Å². The van der Waals surface area contributed by atoms with E-state index in [-0.39, 0.29) is 28.1 Å². The molecule has 1 amide bonds. The average molecular weight is 445 g/mol. The van der Waals surface area contributed by atoms with E-state index in [0.29, 0.717) is 11.1 Å². The van der Waals surface area contributed by atoms with Crippen molar-refractivity contribution in [3.05, 3.63) is 65.7 Å². The fourth-order valence-corrected chi connectivity index (χ4v) is 3.95. The molecule has 29 heavy (non-hydrogen) atoms. The topological polar surface area (TPSA) is 66.5 Å². The van der Waals surface area contributed by atoms with Gasteiger partial charge in [0.25, 0.3) is 0 Å². The monoisotopic (exact) mass is 444 g/mol. The second-order valence-corrected chi connectivity index (χ2v) is 9.32. The van der Waals surface area contributed by atoms with Crippen molar-refractivity contribution in [1.29, 1.82) is 0 Å². The number of nitrogens with zero attached hydrogens (tertiary/aromatic N) is 1. The Kier molecular flexibility index (Phi) is 7.50. The molecule has 0 aliphatic heterocycles. The van der Waals surface area contributed by atoms with Crippen LogP contribution in [0.1, 0.15) is 11.1 Å². The van der Waals surface area contributed by atoms with E-state index < -0.39 is 21.4 Å². The van der Waals surface area contributed by atoms with E-state index >= 15 is 0 Å². The van der Waals surface area contributed by atoms with Gasteiger partial charge in [0.15, 0.2) is 0 Å². The number of hydrogen-bond acceptors (Lipinski definition) is 4. The van der Waals surface area contributed by atoms with Gasteiger partial charge >= 0.3 is 5.51 Å². The zero-order chi connectivity index (χ0) is 21.7. The Morgan fingerprint density at radius 1 is 1.10 bits per heavy atom. The van der Waals surface area contributed by atoms with Crippen LogP contribution >= 0.6 is 11.8 Å². The van der Waals surface area contributed by atoms with Gasteiger partial charge in [-0.1, -0.05) is 30.3 Å². The van der Waals surface area contributed by atoms with Gasteiger partial charge in [0.1, 0.15) is 0 Å². The molecule has 0 saturated carbocycles. The van der Waals surface area contributed by atoms with Crippen molar-refractivity contribution >= 4 is 33.8 Å². The molecule has 0 atom stereocenters. The molecular weight excluding hydrogens is 425 g/mol. The summed E-state index contributed by atoms with van der Waals surface area (Å²) in [6.07, 6.45) is 2.69. The minimum atomic E-state index is -4.35. The highest BCUT2D eigenvalue weighted by Crippen LogP contribution is 2.36. The third-order valence-electron chi connectivity index (χ3n) is 3.73. The van der Waals surface area contributed by atoms with E-state index in [4.69, 9.17) is 0 Å². The molecule has 0 bridgehead atoms. The van der Waals surface area contributed by atoms with Crippen LogP contribution in [0.5, 0.6) is 0 Å². The molecule has 2 aromatic rings. The lowest BCUT2D eigenvalue weighted by Gasteiger charge is -2.15. The lowest BCUT2D eigenvalue weighted by atomic mass is 10.2. The maximum Gasteiger partial charge on any atom is 0.446 e. The van der Waals surface area contributed by atoms with E-state index in [0.717, 1.165) is 4.31 Å². The first-order chi connectivity index (χ1) is 13.5. The fourth-order valence-electron chi connectivity index (χ4n) is 2.29. The van der Waals surface area contributed by atoms with E-state index in [1.54, 1.807) is 18.2 Å². The number of thioether (sulfide) groups is 1. The summed E-state index contributed by atoms with van der Waals surface area (Å²) in [5, 5.41) is 2.60. The lowest BCUT2D eigenvalue weighted by Crippen LogP contribution is -2.26. The number of halogens is 3. The van der Waals surface area contributed by atoms with Gasteiger partial charge in [0, 0.05) is 31.6 Å². The maximum absolute atomic E-state index is 12.3. The second kappa shape index (κ2) is 9.47. The SMILES string of the molecule is CN(C)S(=O)(=O)c1ccccc1CNC(=O)/C=C/c1ccc(SC(F)(F)F)cc1. The Balaban J connectivity index is 2.01. The fraction of sp³-hybridized carbons (Fsp3) is 0.211. The average Bonchev–Trinajstić information content (AvgIpc) is 2.64. The molecule has 0 radical (unpaired) electrons. The van der Waals surface area contributed by atoms with Crippen molar-refractivity contribution in [2.24, 2.45) is 0 Å². The predicted octanol–water partition coefficient (Wildman–Crippen LogP) is 3.88. The van der Waals surface area contributed by atoms with Crippen LogP contribution in [-0.2, 0) is 21.4 Å². The Bertz CT molecular complexity index is 987. The van der Waals surface area contributed by atoms with Crippen LogP contribution in [0.4, 0.5) is 13.2 Å². The summed E-state index contributed by atoms with van der Waals surface area (Å²) < 4.78 is 62.8. The Morgan fingerprint density at radius 3 is 2.31 bits per heavy atom. The van der Waals surface area contributed by atoms with Crippen LogP contribution in [0.2, 0.25) is 0 Å². The molecule has 156 valence electrons. The number of rotatable bonds is 7. The minimum absolute atomic E-state index is 0.00752. The number of benzene rings is 2. The number of carbonyl (C=O) groups excluding carboxylic acids is 1. The van der Waals surface area contributed by atoms with Crippen LogP contribution in [0.15, 0.2) is 64.4 Å². The highest BCUT2D eigenvalue weighted by Gasteiger charge is 2.28. The lowest BCUT2D eigenvalue weighted by molar-refractivity contribution is -0.116. The van der Waals surface area contributed by atoms with E-state index in [1.165, 1.54) is 56.6 Å². The van der Waals surface area contributed by atoms with Gasteiger partial charge in [0.2, 0.25) is 15.9 Å². The zero-order valence-corrected chi connectivity index (χ0v) is 17.2. The molecule has 2 aromatic carbocycles. The maximum atomic E-state index is 12.3. The molecule has 0 aromatic heterocycles. The summed E-state index contributed by atoms with van der Waals surface area (Å²) in [7, 11) is -0.801. The highest BCUT2D eigenvalue weighted by atomic mass is 32.2. The smallest absolute Gasteiger partial charge is 0.348 e. The summed E-state index contributed by atoms with van der Waals surface area (Å²) in [5.41, 5.74) is -3.35. The Labute approximate surface area is 171 Å². The quantitative estimate of drug-likeness (QED) is 0.520. The number of nitrogens with one attached hydrogen (secondary N) is 1. The standard InChI is InChI=1S/C19H19F3N2O3S2/c1-24(2)29(26,27)17-6-4-3-5-15(17)13-23-18(25)12-9-14-7-10-16(11-8-14)28-19(20,21)22/h3-12H,13H2,1-2H3,(H,23,25)/b12-9+. The number of sulfonamides is 1. The third kappa shape index (κ3) is 6.91. The van der Waals surface area contributed by atoms with Gasteiger partial charge in [-0.15, -0.1) is 0 Å². The normalized spacial score (nSPS) is 12.5. The van der Waals surface area contributed by atoms with Gasteiger partial charge in [-0.3, -0.25) is 4.79 Å². The molecule has 0 heterocycles. The van der Waals surface area contributed by atoms with Crippen LogP contribution in [-0.4, -0.2) is 38.2 Å². The summed E-state index contributed by atoms with van der Waals surface area (Å²) in [6, 6.07) is 11.9. The van der Waals surface area contributed by atoms with E-state index in [2.05, 4.69) is 5.32 Å². The number of hydrogen-bond donors (Lipinski definition) is 1. The summed E-state index contributed by atoms with van der Waals surface area (Å²) in [5.74, 6) is -0.462. The van der Waals surface area contributed by atoms with Gasteiger partial charge < -0.3 is 5.32 Å². The van der Waals surface area contributed by atoms with Gasteiger partial charge in [-0.05, 0) is 47.2 Å². The van der Waals surface area contributed by atoms with Gasteiger partial charge in [-0.25, -0.2) is 12.7 Å². The molecule has 0 aliphatic rings. The van der Waals surface area contributed by atoms with Gasteiger partial charge in [-0.2, -0.15) is 13.2 Å². The van der Waals surface area contributed by atoms with Crippen molar-refractivity contribution in [2.45, 2.75) is 21.8 Å². The molecule has 0 saturated heterocycles. The van der Waals surface area contributed by atoms with Crippen LogP contribution in [0.25, 0.3) is 6.08 Å². The zero-order valence-electron chi connectivity index (χ0n) is 15.6. The van der Waals surface area contributed by atoms with Crippen LogP contribution in [0.3, 0.4) is 0 Å². The van der Waals surface area contributed by atoms with Crippen molar-refractivity contribution in [3.63, 3.8) is 0 Å². The number of carbonyl (C=O) groups is 1. The predicted molar refractivity (Wildman–Crippen MR) is 107 cm³/mol. The second-order valence-electron chi connectivity index (χ2n) is 6.06. The van der Waals surface area contributed by atoms with Crippen molar-refractivity contribution in [3.8, 4) is 0 Å². The van der Waals surface area contributed by atoms with E-state index in [9.17, 15) is 26.4 Å². The molecule has 2 rings (SSSR count). The number of alkyl halides is 3. The summed E-state index contributed by atoms with van der Waals surface area (Å²) in [6.45, 7) is 0.00752. The largest absolute Gasteiger partial charge is 0.446 e. The highest BCUT2D eigenvalue weighted by molar-refractivity contribution is 8.00. The molecule has 1 N–H and O–H groups in total. The molecule has 0 spiro atoms. The van der Waals surface area contributed by atoms with Crippen molar-refractivity contribution in [1.82, 2.24) is 9.62 Å². The first-order valence-electron chi connectivity index (χ1n) is 8.31. The third-order valence-corrected chi connectivity index (χ3v) is 6.38. The Hall–Kier alpha value is -2.30. The van der Waals surface area contributed by atoms with Crippen molar-refractivity contribution in [2.75, 3.05) is 14.1 Å². The van der Waals surface area contributed by atoms with Gasteiger partial charge in [0.05, 0.1) is 4.90 Å². The Morgan fingerprint density at radius 2 is 1.72 bits per heavy atom. The van der Waals surface area contributed by atoms with Crippen LogP contribution < -0.4 is 5.32 Å².